The van der Waals surface area contributed by atoms with Crippen molar-refractivity contribution in [3.63, 3.8) is 0 Å². The minimum atomic E-state index is -0.521. The number of nitro groups is 1. The van der Waals surface area contributed by atoms with Crippen LogP contribution in [0.25, 0.3) is 0 Å². The first kappa shape index (κ1) is 22.5. The van der Waals surface area contributed by atoms with E-state index in [0.29, 0.717) is 15.7 Å². The van der Waals surface area contributed by atoms with Gasteiger partial charge in [-0.2, -0.15) is 0 Å². The Morgan fingerprint density at radius 3 is 2.45 bits per heavy atom. The fourth-order valence-electron chi connectivity index (χ4n) is 3.03. The number of hydrogen-bond acceptors (Lipinski definition) is 5. The molecule has 7 nitrogen and oxygen atoms in total. The summed E-state index contributed by atoms with van der Waals surface area (Å²) in [4.78, 5) is 28.0. The standard InChI is InChI=1S/C22H20Cl2N4O3/c1-13(15-6-8-17(23)18(24)11-15)27-22(29)16-7-9-20(21(12-16)28(30)31)26-14(2)19-5-3-4-10-25-19/h3-14,26H,1-2H3,(H,27,29). The second kappa shape index (κ2) is 9.76. The molecule has 0 saturated carbocycles. The zero-order valence-corrected chi connectivity index (χ0v) is 18.3. The zero-order chi connectivity index (χ0) is 22.5. The number of amides is 1. The zero-order valence-electron chi connectivity index (χ0n) is 16.8. The summed E-state index contributed by atoms with van der Waals surface area (Å²) in [5.74, 6) is -0.439. The maximum absolute atomic E-state index is 12.7. The van der Waals surface area contributed by atoms with Crippen LogP contribution in [-0.4, -0.2) is 15.8 Å². The maximum Gasteiger partial charge on any atom is 0.293 e. The molecule has 2 N–H and O–H groups in total. The van der Waals surface area contributed by atoms with Crippen molar-refractivity contribution in [1.82, 2.24) is 10.3 Å². The van der Waals surface area contributed by atoms with Crippen LogP contribution in [0.5, 0.6) is 0 Å². The molecule has 0 aliphatic heterocycles. The molecule has 0 aliphatic rings. The van der Waals surface area contributed by atoms with Crippen LogP contribution in [-0.2, 0) is 0 Å². The van der Waals surface area contributed by atoms with Gasteiger partial charge >= 0.3 is 0 Å². The van der Waals surface area contributed by atoms with Crippen LogP contribution in [0, 0.1) is 10.1 Å². The van der Waals surface area contributed by atoms with Gasteiger partial charge in [0.1, 0.15) is 5.69 Å². The van der Waals surface area contributed by atoms with Gasteiger partial charge in [-0.25, -0.2) is 0 Å². The lowest BCUT2D eigenvalue weighted by Gasteiger charge is -2.17. The Hall–Kier alpha value is -3.16. The summed E-state index contributed by atoms with van der Waals surface area (Å²) in [6, 6.07) is 14.2. The fraction of sp³-hybridized carbons (Fsp3) is 0.182. The molecule has 0 spiro atoms. The Bertz CT molecular complexity index is 1110. The number of anilines is 1. The molecule has 0 saturated heterocycles. The second-order valence-corrected chi connectivity index (χ2v) is 7.79. The molecule has 0 fully saturated rings. The van der Waals surface area contributed by atoms with Gasteiger partial charge in [0.2, 0.25) is 0 Å². The van der Waals surface area contributed by atoms with Gasteiger partial charge in [-0.15, -0.1) is 0 Å². The van der Waals surface area contributed by atoms with Crippen molar-refractivity contribution in [1.29, 1.82) is 0 Å². The lowest BCUT2D eigenvalue weighted by Crippen LogP contribution is -2.26. The first-order valence-electron chi connectivity index (χ1n) is 9.48. The summed E-state index contributed by atoms with van der Waals surface area (Å²) in [5.41, 5.74) is 1.79. The van der Waals surface area contributed by atoms with Crippen molar-refractivity contribution in [2.45, 2.75) is 25.9 Å². The molecule has 2 unspecified atom stereocenters. The van der Waals surface area contributed by atoms with E-state index in [1.54, 1.807) is 37.4 Å². The van der Waals surface area contributed by atoms with Crippen LogP contribution >= 0.6 is 23.2 Å². The SMILES string of the molecule is CC(NC(=O)c1ccc(NC(C)c2ccccn2)c([N+](=O)[O-])c1)c1ccc(Cl)c(Cl)c1. The van der Waals surface area contributed by atoms with E-state index in [0.717, 1.165) is 11.3 Å². The Morgan fingerprint density at radius 1 is 1.03 bits per heavy atom. The predicted octanol–water partition coefficient (Wildman–Crippen LogP) is 5.96. The number of nitro benzene ring substituents is 1. The highest BCUT2D eigenvalue weighted by Crippen LogP contribution is 2.30. The van der Waals surface area contributed by atoms with Crippen LogP contribution in [0.3, 0.4) is 0 Å². The molecule has 0 radical (unpaired) electrons. The number of nitrogens with one attached hydrogen (secondary N) is 2. The second-order valence-electron chi connectivity index (χ2n) is 6.98. The van der Waals surface area contributed by atoms with Crippen molar-refractivity contribution >= 4 is 40.5 Å². The third-order valence-corrected chi connectivity index (χ3v) is 5.49. The third kappa shape index (κ3) is 5.51. The summed E-state index contributed by atoms with van der Waals surface area (Å²) in [6.07, 6.45) is 1.66. The van der Waals surface area contributed by atoms with E-state index < -0.39 is 10.8 Å². The maximum atomic E-state index is 12.7. The number of hydrogen-bond donors (Lipinski definition) is 2. The average molecular weight is 459 g/mol. The predicted molar refractivity (Wildman–Crippen MR) is 122 cm³/mol. The van der Waals surface area contributed by atoms with Gasteiger partial charge in [-0.05, 0) is 55.8 Å². The molecule has 1 aromatic heterocycles. The van der Waals surface area contributed by atoms with Crippen molar-refractivity contribution in [2.24, 2.45) is 0 Å². The number of halogens is 2. The molecule has 0 bridgehead atoms. The largest absolute Gasteiger partial charge is 0.371 e. The van der Waals surface area contributed by atoms with Gasteiger partial charge in [-0.3, -0.25) is 19.9 Å². The smallest absolute Gasteiger partial charge is 0.293 e. The Morgan fingerprint density at radius 2 is 1.81 bits per heavy atom. The fourth-order valence-corrected chi connectivity index (χ4v) is 3.34. The number of carbonyl (C=O) groups excluding carboxylic acids is 1. The Balaban J connectivity index is 1.78. The van der Waals surface area contributed by atoms with E-state index >= 15 is 0 Å². The number of carbonyl (C=O) groups is 1. The topological polar surface area (TPSA) is 97.2 Å². The number of nitrogens with zero attached hydrogens (tertiary/aromatic N) is 2. The molecule has 160 valence electrons. The van der Waals surface area contributed by atoms with Crippen LogP contribution in [0.1, 0.15) is 47.5 Å². The molecular formula is C22H20Cl2N4O3. The monoisotopic (exact) mass is 458 g/mol. The quantitative estimate of drug-likeness (QED) is 0.336. The van der Waals surface area contributed by atoms with E-state index in [2.05, 4.69) is 15.6 Å². The minimum Gasteiger partial charge on any atom is -0.371 e. The van der Waals surface area contributed by atoms with E-state index in [4.69, 9.17) is 23.2 Å². The Kier molecular flexibility index (Phi) is 7.09. The van der Waals surface area contributed by atoms with E-state index in [9.17, 15) is 14.9 Å². The summed E-state index contributed by atoms with van der Waals surface area (Å²) >= 11 is 12.0. The van der Waals surface area contributed by atoms with E-state index in [-0.39, 0.29) is 23.3 Å². The van der Waals surface area contributed by atoms with Gasteiger partial charge in [0.05, 0.1) is 32.7 Å². The van der Waals surface area contributed by atoms with E-state index in [1.807, 2.05) is 19.1 Å². The molecule has 31 heavy (non-hydrogen) atoms. The highest BCUT2D eigenvalue weighted by Gasteiger charge is 2.21. The normalized spacial score (nSPS) is 12.6. The summed E-state index contributed by atoms with van der Waals surface area (Å²) in [7, 11) is 0. The average Bonchev–Trinajstić information content (AvgIpc) is 2.76. The van der Waals surface area contributed by atoms with Gasteiger partial charge in [-0.1, -0.05) is 35.3 Å². The summed E-state index contributed by atoms with van der Waals surface area (Å²) < 4.78 is 0. The number of benzene rings is 2. The molecule has 2 aromatic carbocycles. The number of aromatic nitrogens is 1. The molecule has 1 heterocycles. The van der Waals surface area contributed by atoms with Crippen molar-refractivity contribution < 1.29 is 9.72 Å². The number of pyridine rings is 1. The van der Waals surface area contributed by atoms with Crippen LogP contribution in [0.4, 0.5) is 11.4 Å². The Labute approximate surface area is 189 Å². The van der Waals surface area contributed by atoms with Crippen molar-refractivity contribution in [2.75, 3.05) is 5.32 Å². The van der Waals surface area contributed by atoms with Gasteiger partial charge in [0.15, 0.2) is 0 Å². The molecule has 2 atom stereocenters. The van der Waals surface area contributed by atoms with Gasteiger partial charge in [0.25, 0.3) is 11.6 Å². The first-order valence-corrected chi connectivity index (χ1v) is 10.2. The van der Waals surface area contributed by atoms with Gasteiger partial charge in [0, 0.05) is 17.8 Å². The molecular weight excluding hydrogens is 439 g/mol. The van der Waals surface area contributed by atoms with Gasteiger partial charge < -0.3 is 10.6 Å². The summed E-state index contributed by atoms with van der Waals surface area (Å²) in [6.45, 7) is 3.64. The van der Waals surface area contributed by atoms with Crippen LogP contribution in [0.15, 0.2) is 60.8 Å². The summed E-state index contributed by atoms with van der Waals surface area (Å²) in [5, 5.41) is 18.3. The molecule has 0 aliphatic carbocycles. The lowest BCUT2D eigenvalue weighted by atomic mass is 10.1. The molecule has 3 rings (SSSR count). The van der Waals surface area contributed by atoms with Crippen LogP contribution < -0.4 is 10.6 Å². The molecule has 9 heteroatoms. The number of rotatable bonds is 7. The minimum absolute atomic E-state index is 0.176. The first-order chi connectivity index (χ1) is 14.8. The molecule has 3 aromatic rings. The van der Waals surface area contributed by atoms with Crippen molar-refractivity contribution in [3.8, 4) is 0 Å². The van der Waals surface area contributed by atoms with Crippen molar-refractivity contribution in [3.05, 3.63) is 97.8 Å². The molecule has 1 amide bonds. The third-order valence-electron chi connectivity index (χ3n) is 4.75. The van der Waals surface area contributed by atoms with E-state index in [1.165, 1.54) is 18.2 Å². The van der Waals surface area contributed by atoms with Crippen LogP contribution in [0.2, 0.25) is 10.0 Å². The lowest BCUT2D eigenvalue weighted by molar-refractivity contribution is -0.384. The highest BCUT2D eigenvalue weighted by atomic mass is 35.5. The highest BCUT2D eigenvalue weighted by molar-refractivity contribution is 6.42.